The topological polar surface area (TPSA) is 60.0 Å². The van der Waals surface area contributed by atoms with Gasteiger partial charge >= 0.3 is 0 Å². The summed E-state index contributed by atoms with van der Waals surface area (Å²) in [4.78, 5) is 13.3. The van der Waals surface area contributed by atoms with Gasteiger partial charge < -0.3 is 24.4 Å². The Morgan fingerprint density at radius 2 is 2.20 bits per heavy atom. The zero-order chi connectivity index (χ0) is 14.7. The van der Waals surface area contributed by atoms with E-state index in [-0.39, 0.29) is 18.7 Å². The number of hydrogen-bond donors (Lipinski definition) is 1. The molecule has 110 valence electrons. The highest BCUT2D eigenvalue weighted by Gasteiger charge is 2.20. The fraction of sp³-hybridized carbons (Fsp3) is 0.500. The van der Waals surface area contributed by atoms with Crippen molar-refractivity contribution < 1.29 is 19.0 Å². The Kier molecular flexibility index (Phi) is 4.34. The number of benzene rings is 1. The van der Waals surface area contributed by atoms with Crippen LogP contribution in [0, 0.1) is 0 Å². The normalized spacial score (nSPS) is 14.0. The van der Waals surface area contributed by atoms with Gasteiger partial charge in [-0.3, -0.25) is 4.79 Å². The number of nitrogens with zero attached hydrogens (tertiary/aromatic N) is 1. The fourth-order valence-corrected chi connectivity index (χ4v) is 2.03. The average Bonchev–Trinajstić information content (AvgIpc) is 2.90. The van der Waals surface area contributed by atoms with Gasteiger partial charge in [-0.05, 0) is 24.6 Å². The second-order valence-electron chi connectivity index (χ2n) is 4.87. The molecule has 1 aliphatic heterocycles. The number of amides is 1. The maximum Gasteiger partial charge on any atom is 0.238 e. The summed E-state index contributed by atoms with van der Waals surface area (Å²) in [6.45, 7) is 2.60. The van der Waals surface area contributed by atoms with Crippen LogP contribution in [0.4, 0.5) is 0 Å². The first kappa shape index (κ1) is 14.5. The van der Waals surface area contributed by atoms with E-state index in [0.717, 1.165) is 5.56 Å². The summed E-state index contributed by atoms with van der Waals surface area (Å²) in [5.74, 6) is 1.99. The van der Waals surface area contributed by atoms with E-state index in [0.29, 0.717) is 23.8 Å². The molecule has 0 bridgehead atoms. The van der Waals surface area contributed by atoms with Crippen LogP contribution in [0.1, 0.15) is 12.5 Å². The molecule has 1 aromatic carbocycles. The Morgan fingerprint density at radius 1 is 1.45 bits per heavy atom. The molecule has 0 aromatic heterocycles. The number of carbonyl (C=O) groups is 1. The fourth-order valence-electron chi connectivity index (χ4n) is 2.03. The van der Waals surface area contributed by atoms with Crippen molar-refractivity contribution >= 4 is 5.91 Å². The van der Waals surface area contributed by atoms with E-state index < -0.39 is 0 Å². The molecule has 1 aromatic rings. The standard InChI is InChI=1S/C14H20N2O4/c1-9(14(17)16(2)3)15-7-10-5-11(18-4)13-12(6-10)19-8-20-13/h5-6,9,15H,7-8H2,1-4H3. The largest absolute Gasteiger partial charge is 0.493 e. The Hall–Kier alpha value is -1.95. The lowest BCUT2D eigenvalue weighted by molar-refractivity contribution is -0.130. The second-order valence-corrected chi connectivity index (χ2v) is 4.87. The smallest absolute Gasteiger partial charge is 0.238 e. The quantitative estimate of drug-likeness (QED) is 0.871. The minimum Gasteiger partial charge on any atom is -0.493 e. The summed E-state index contributed by atoms with van der Waals surface area (Å²) in [7, 11) is 5.07. The van der Waals surface area contributed by atoms with Gasteiger partial charge in [-0.1, -0.05) is 0 Å². The monoisotopic (exact) mass is 280 g/mol. The molecule has 0 saturated carbocycles. The van der Waals surface area contributed by atoms with E-state index in [1.165, 1.54) is 0 Å². The van der Waals surface area contributed by atoms with Crippen LogP contribution in [0.15, 0.2) is 12.1 Å². The third-order valence-electron chi connectivity index (χ3n) is 3.14. The van der Waals surface area contributed by atoms with E-state index in [1.54, 1.807) is 26.1 Å². The predicted octanol–water partition coefficient (Wildman–Crippen LogP) is 0.990. The van der Waals surface area contributed by atoms with E-state index in [4.69, 9.17) is 14.2 Å². The first-order chi connectivity index (χ1) is 9.52. The summed E-state index contributed by atoms with van der Waals surface area (Å²) in [6, 6.07) is 3.53. The number of fused-ring (bicyclic) bond motifs is 1. The van der Waals surface area contributed by atoms with Gasteiger partial charge in [0.25, 0.3) is 0 Å². The lowest BCUT2D eigenvalue weighted by atomic mass is 10.1. The number of carbonyl (C=O) groups excluding carboxylic acids is 1. The molecule has 1 N–H and O–H groups in total. The molecule has 6 nitrogen and oxygen atoms in total. The van der Waals surface area contributed by atoms with Crippen molar-refractivity contribution in [3.8, 4) is 17.2 Å². The molecule has 0 aliphatic carbocycles. The lowest BCUT2D eigenvalue weighted by Crippen LogP contribution is -2.41. The summed E-state index contributed by atoms with van der Waals surface area (Å²) in [5.41, 5.74) is 0.976. The molecular formula is C14H20N2O4. The van der Waals surface area contributed by atoms with Crippen molar-refractivity contribution in [1.82, 2.24) is 10.2 Å². The van der Waals surface area contributed by atoms with Crippen LogP contribution in [-0.4, -0.2) is 44.8 Å². The average molecular weight is 280 g/mol. The Balaban J connectivity index is 2.05. The van der Waals surface area contributed by atoms with Crippen LogP contribution in [0.25, 0.3) is 0 Å². The van der Waals surface area contributed by atoms with Crippen molar-refractivity contribution in [3.05, 3.63) is 17.7 Å². The van der Waals surface area contributed by atoms with Gasteiger partial charge in [-0.25, -0.2) is 0 Å². The minimum atomic E-state index is -0.249. The molecule has 1 heterocycles. The van der Waals surface area contributed by atoms with Crippen LogP contribution >= 0.6 is 0 Å². The third-order valence-corrected chi connectivity index (χ3v) is 3.14. The second kappa shape index (κ2) is 6.00. The molecule has 1 amide bonds. The molecule has 0 fully saturated rings. The van der Waals surface area contributed by atoms with E-state index in [2.05, 4.69) is 5.32 Å². The molecule has 2 rings (SSSR count). The van der Waals surface area contributed by atoms with Crippen molar-refractivity contribution in [3.63, 3.8) is 0 Å². The molecule has 1 unspecified atom stereocenters. The van der Waals surface area contributed by atoms with E-state index in [1.807, 2.05) is 19.1 Å². The summed E-state index contributed by atoms with van der Waals surface area (Å²) in [6.07, 6.45) is 0. The zero-order valence-corrected chi connectivity index (χ0v) is 12.2. The van der Waals surface area contributed by atoms with Crippen LogP contribution in [-0.2, 0) is 11.3 Å². The number of methoxy groups -OCH3 is 1. The molecule has 0 radical (unpaired) electrons. The predicted molar refractivity (Wildman–Crippen MR) is 74.1 cm³/mol. The van der Waals surface area contributed by atoms with Gasteiger partial charge in [0.2, 0.25) is 18.4 Å². The van der Waals surface area contributed by atoms with Crippen molar-refractivity contribution in [2.75, 3.05) is 28.0 Å². The highest BCUT2D eigenvalue weighted by Crippen LogP contribution is 2.41. The van der Waals surface area contributed by atoms with Gasteiger partial charge in [0.05, 0.1) is 13.2 Å². The Morgan fingerprint density at radius 3 is 2.85 bits per heavy atom. The maximum atomic E-state index is 11.8. The Labute approximate surface area is 118 Å². The minimum absolute atomic E-state index is 0.0395. The van der Waals surface area contributed by atoms with Crippen molar-refractivity contribution in [2.24, 2.45) is 0 Å². The molecule has 20 heavy (non-hydrogen) atoms. The van der Waals surface area contributed by atoms with Gasteiger partial charge in [0.1, 0.15) is 0 Å². The third kappa shape index (κ3) is 2.96. The number of nitrogens with one attached hydrogen (secondary N) is 1. The zero-order valence-electron chi connectivity index (χ0n) is 12.2. The highest BCUT2D eigenvalue weighted by atomic mass is 16.7. The molecule has 6 heteroatoms. The first-order valence-corrected chi connectivity index (χ1v) is 6.44. The van der Waals surface area contributed by atoms with Gasteiger partial charge in [-0.2, -0.15) is 0 Å². The number of ether oxygens (including phenoxy) is 3. The maximum absolute atomic E-state index is 11.8. The van der Waals surface area contributed by atoms with Crippen LogP contribution in [0.3, 0.4) is 0 Å². The van der Waals surface area contributed by atoms with Gasteiger partial charge in [0, 0.05) is 20.6 Å². The molecule has 0 saturated heterocycles. The number of hydrogen-bond acceptors (Lipinski definition) is 5. The first-order valence-electron chi connectivity index (χ1n) is 6.44. The summed E-state index contributed by atoms with van der Waals surface area (Å²) >= 11 is 0. The summed E-state index contributed by atoms with van der Waals surface area (Å²) in [5, 5.41) is 3.18. The molecule has 1 aliphatic rings. The molecule has 1 atom stereocenters. The van der Waals surface area contributed by atoms with E-state index in [9.17, 15) is 4.79 Å². The summed E-state index contributed by atoms with van der Waals surface area (Å²) < 4.78 is 16.0. The lowest BCUT2D eigenvalue weighted by Gasteiger charge is -2.18. The molecule has 0 spiro atoms. The highest BCUT2D eigenvalue weighted by molar-refractivity contribution is 5.80. The Bertz CT molecular complexity index is 502. The van der Waals surface area contributed by atoms with Gasteiger partial charge in [-0.15, -0.1) is 0 Å². The SMILES string of the molecule is COc1cc(CNC(C)C(=O)N(C)C)cc2c1OCO2. The van der Waals surface area contributed by atoms with Crippen LogP contribution in [0.2, 0.25) is 0 Å². The number of rotatable bonds is 5. The van der Waals surface area contributed by atoms with Gasteiger partial charge in [0.15, 0.2) is 11.5 Å². The van der Waals surface area contributed by atoms with Crippen molar-refractivity contribution in [1.29, 1.82) is 0 Å². The van der Waals surface area contributed by atoms with Crippen molar-refractivity contribution in [2.45, 2.75) is 19.5 Å². The number of likely N-dealkylation sites (N-methyl/N-ethyl adjacent to an activating group) is 1. The van der Waals surface area contributed by atoms with E-state index >= 15 is 0 Å². The van der Waals surface area contributed by atoms with Crippen LogP contribution < -0.4 is 19.5 Å². The molecular weight excluding hydrogens is 260 g/mol. The van der Waals surface area contributed by atoms with Crippen LogP contribution in [0.5, 0.6) is 17.2 Å².